The molecule has 29 heavy (non-hydrogen) atoms. The Labute approximate surface area is 196 Å². The van der Waals surface area contributed by atoms with E-state index in [-0.39, 0.29) is 36.3 Å². The van der Waals surface area contributed by atoms with Gasteiger partial charge in [-0.15, -0.1) is 24.0 Å². The molecule has 1 fully saturated rings. The van der Waals surface area contributed by atoms with Gasteiger partial charge < -0.3 is 15.0 Å². The summed E-state index contributed by atoms with van der Waals surface area (Å²) in [4.78, 5) is 9.30. The van der Waals surface area contributed by atoms with Crippen LogP contribution in [0.2, 0.25) is 5.02 Å². The maximum absolute atomic E-state index is 11.1. The molecule has 1 N–H and O–H groups in total. The topological polar surface area (TPSA) is 74.2 Å². The number of piperazine rings is 1. The summed E-state index contributed by atoms with van der Waals surface area (Å²) < 4.78 is 27.5. The first-order valence-corrected chi connectivity index (χ1v) is 12.1. The van der Waals surface area contributed by atoms with Crippen LogP contribution in [0.5, 0.6) is 0 Å². The fourth-order valence-corrected chi connectivity index (χ4v) is 3.47. The Morgan fingerprint density at radius 3 is 2.41 bits per heavy atom. The highest BCUT2D eigenvalue weighted by Crippen LogP contribution is 2.13. The lowest BCUT2D eigenvalue weighted by atomic mass is 10.2. The number of halogens is 2. The van der Waals surface area contributed by atoms with Crippen molar-refractivity contribution in [2.75, 3.05) is 64.5 Å². The van der Waals surface area contributed by atoms with E-state index in [4.69, 9.17) is 16.3 Å². The predicted molar refractivity (Wildman–Crippen MR) is 130 cm³/mol. The first-order valence-electron chi connectivity index (χ1n) is 9.63. The van der Waals surface area contributed by atoms with Gasteiger partial charge in [0.2, 0.25) is 0 Å². The van der Waals surface area contributed by atoms with Gasteiger partial charge in [-0.05, 0) is 24.6 Å². The number of sulfone groups is 1. The standard InChI is InChI=1S/C19H31ClN4O3S.HI/c1-3-21-19(22-8-13-27-14-15-28(2,25)26)24-11-9-23(10-12-24)16-17-4-6-18(20)7-5-17;/h4-7H,3,8-16H2,1-2H3,(H,21,22);1H. The molecule has 0 bridgehead atoms. The number of hydrogen-bond donors (Lipinski definition) is 1. The highest BCUT2D eigenvalue weighted by atomic mass is 127. The van der Waals surface area contributed by atoms with Gasteiger partial charge >= 0.3 is 0 Å². The highest BCUT2D eigenvalue weighted by molar-refractivity contribution is 14.0. The van der Waals surface area contributed by atoms with Gasteiger partial charge in [-0.1, -0.05) is 23.7 Å². The average Bonchev–Trinajstić information content (AvgIpc) is 2.65. The van der Waals surface area contributed by atoms with E-state index >= 15 is 0 Å². The fraction of sp³-hybridized carbons (Fsp3) is 0.632. The Balaban J connectivity index is 0.00000420. The molecular formula is C19H32ClIN4O3S. The molecule has 0 aliphatic carbocycles. The van der Waals surface area contributed by atoms with E-state index in [1.165, 1.54) is 11.8 Å². The second-order valence-electron chi connectivity index (χ2n) is 6.87. The molecule has 1 aliphatic rings. The van der Waals surface area contributed by atoms with E-state index in [2.05, 4.69) is 39.2 Å². The first kappa shape index (κ1) is 26.4. The molecule has 0 radical (unpaired) electrons. The molecule has 0 amide bonds. The summed E-state index contributed by atoms with van der Waals surface area (Å²) in [6, 6.07) is 8.01. The van der Waals surface area contributed by atoms with E-state index < -0.39 is 9.84 Å². The van der Waals surface area contributed by atoms with Crippen molar-refractivity contribution in [3.8, 4) is 0 Å². The van der Waals surface area contributed by atoms with Gasteiger partial charge in [-0.2, -0.15) is 0 Å². The van der Waals surface area contributed by atoms with Crippen LogP contribution in [0.3, 0.4) is 0 Å². The molecule has 0 spiro atoms. The number of nitrogens with one attached hydrogen (secondary N) is 1. The number of nitrogens with zero attached hydrogens (tertiary/aromatic N) is 3. The van der Waals surface area contributed by atoms with Crippen LogP contribution < -0.4 is 5.32 Å². The van der Waals surface area contributed by atoms with Crippen LogP contribution in [0.1, 0.15) is 12.5 Å². The van der Waals surface area contributed by atoms with Crippen molar-refractivity contribution < 1.29 is 13.2 Å². The number of aliphatic imine (C=N–C) groups is 1. The van der Waals surface area contributed by atoms with Crippen molar-refractivity contribution in [1.29, 1.82) is 0 Å². The molecule has 10 heteroatoms. The molecule has 1 heterocycles. The van der Waals surface area contributed by atoms with Gasteiger partial charge in [0.15, 0.2) is 5.96 Å². The molecule has 1 aromatic carbocycles. The van der Waals surface area contributed by atoms with E-state index in [0.717, 1.165) is 50.3 Å². The second-order valence-corrected chi connectivity index (χ2v) is 9.56. The van der Waals surface area contributed by atoms with E-state index in [9.17, 15) is 8.42 Å². The molecule has 0 aromatic heterocycles. The predicted octanol–water partition coefficient (Wildman–Crippen LogP) is 2.10. The van der Waals surface area contributed by atoms with Crippen LogP contribution in [-0.4, -0.2) is 88.7 Å². The molecule has 1 aliphatic heterocycles. The van der Waals surface area contributed by atoms with Crippen molar-refractivity contribution in [1.82, 2.24) is 15.1 Å². The van der Waals surface area contributed by atoms with Crippen molar-refractivity contribution in [2.24, 2.45) is 4.99 Å². The molecular weight excluding hydrogens is 527 g/mol. The summed E-state index contributed by atoms with van der Waals surface area (Å²) in [5.41, 5.74) is 1.27. The zero-order chi connectivity index (χ0) is 20.4. The smallest absolute Gasteiger partial charge is 0.194 e. The fourth-order valence-electron chi connectivity index (χ4n) is 2.92. The van der Waals surface area contributed by atoms with Gasteiger partial charge in [0.25, 0.3) is 0 Å². The van der Waals surface area contributed by atoms with Crippen LogP contribution in [0, 0.1) is 0 Å². The van der Waals surface area contributed by atoms with Crippen LogP contribution in [0.15, 0.2) is 29.3 Å². The lowest BCUT2D eigenvalue weighted by molar-refractivity contribution is 0.155. The van der Waals surface area contributed by atoms with Gasteiger partial charge in [-0.3, -0.25) is 9.89 Å². The van der Waals surface area contributed by atoms with E-state index in [0.29, 0.717) is 13.2 Å². The number of ether oxygens (including phenoxy) is 1. The largest absolute Gasteiger partial charge is 0.378 e. The van der Waals surface area contributed by atoms with Crippen molar-refractivity contribution in [2.45, 2.75) is 13.5 Å². The third-order valence-electron chi connectivity index (χ3n) is 4.42. The Morgan fingerprint density at radius 2 is 1.83 bits per heavy atom. The quantitative estimate of drug-likeness (QED) is 0.217. The SMILES string of the molecule is CCNC(=NCCOCCS(C)(=O)=O)N1CCN(Cc2ccc(Cl)cc2)CC1.I. The summed E-state index contributed by atoms with van der Waals surface area (Å²) in [6.07, 6.45) is 1.21. The van der Waals surface area contributed by atoms with Crippen molar-refractivity contribution in [3.05, 3.63) is 34.9 Å². The molecule has 0 saturated carbocycles. The Hall–Kier alpha value is -0.620. The maximum Gasteiger partial charge on any atom is 0.194 e. The van der Waals surface area contributed by atoms with Crippen LogP contribution in [0.4, 0.5) is 0 Å². The van der Waals surface area contributed by atoms with Crippen LogP contribution >= 0.6 is 35.6 Å². The lowest BCUT2D eigenvalue weighted by Gasteiger charge is -2.36. The number of guanidine groups is 1. The third kappa shape index (κ3) is 10.8. The summed E-state index contributed by atoms with van der Waals surface area (Å²) in [6.45, 7) is 8.69. The minimum absolute atomic E-state index is 0. The minimum atomic E-state index is -2.98. The summed E-state index contributed by atoms with van der Waals surface area (Å²) in [7, 11) is -2.98. The van der Waals surface area contributed by atoms with E-state index in [1.807, 2.05) is 12.1 Å². The summed E-state index contributed by atoms with van der Waals surface area (Å²) in [5.74, 6) is 0.937. The maximum atomic E-state index is 11.1. The Kier molecular flexibility index (Phi) is 12.4. The second kappa shape index (κ2) is 13.6. The average molecular weight is 559 g/mol. The molecule has 0 unspecified atom stereocenters. The molecule has 1 saturated heterocycles. The van der Waals surface area contributed by atoms with E-state index in [1.54, 1.807) is 0 Å². The monoisotopic (exact) mass is 558 g/mol. The third-order valence-corrected chi connectivity index (χ3v) is 5.58. The first-order chi connectivity index (χ1) is 13.4. The molecule has 1 aromatic rings. The summed E-state index contributed by atoms with van der Waals surface area (Å²) in [5, 5.41) is 4.09. The van der Waals surface area contributed by atoms with Gasteiger partial charge in [0.1, 0.15) is 9.84 Å². The van der Waals surface area contributed by atoms with Gasteiger partial charge in [0.05, 0.1) is 25.5 Å². The minimum Gasteiger partial charge on any atom is -0.378 e. The normalized spacial score (nSPS) is 15.8. The summed E-state index contributed by atoms with van der Waals surface area (Å²) >= 11 is 5.95. The van der Waals surface area contributed by atoms with Crippen molar-refractivity contribution >= 4 is 51.4 Å². The lowest BCUT2D eigenvalue weighted by Crippen LogP contribution is -2.52. The Morgan fingerprint density at radius 1 is 1.17 bits per heavy atom. The Bertz CT molecular complexity index is 723. The van der Waals surface area contributed by atoms with Gasteiger partial charge in [0, 0.05) is 50.5 Å². The zero-order valence-corrected chi connectivity index (χ0v) is 21.0. The van der Waals surface area contributed by atoms with Gasteiger partial charge in [-0.25, -0.2) is 8.42 Å². The molecule has 166 valence electrons. The number of hydrogen-bond acceptors (Lipinski definition) is 5. The molecule has 0 atom stereocenters. The molecule has 2 rings (SSSR count). The highest BCUT2D eigenvalue weighted by Gasteiger charge is 2.19. The zero-order valence-electron chi connectivity index (χ0n) is 17.1. The molecule has 7 nitrogen and oxygen atoms in total. The van der Waals surface area contributed by atoms with Crippen LogP contribution in [-0.2, 0) is 21.1 Å². The number of rotatable bonds is 9. The number of benzene rings is 1. The van der Waals surface area contributed by atoms with Crippen molar-refractivity contribution in [3.63, 3.8) is 0 Å². The van der Waals surface area contributed by atoms with Crippen LogP contribution in [0.25, 0.3) is 0 Å².